The minimum Gasteiger partial charge on any atom is -0.368 e. The molecule has 2 aromatic rings. The third kappa shape index (κ3) is 4.48. The third-order valence-electron chi connectivity index (χ3n) is 4.51. The Labute approximate surface area is 164 Å². The van der Waals surface area contributed by atoms with E-state index in [4.69, 9.17) is 16.3 Å². The van der Waals surface area contributed by atoms with Gasteiger partial charge in [-0.15, -0.1) is 0 Å². The Bertz CT molecular complexity index is 895. The Morgan fingerprint density at radius 2 is 1.86 bits per heavy atom. The van der Waals surface area contributed by atoms with E-state index >= 15 is 0 Å². The lowest BCUT2D eigenvalue weighted by Crippen LogP contribution is -2.54. The molecule has 148 valence electrons. The summed E-state index contributed by atoms with van der Waals surface area (Å²) in [6, 6.07) is 14.7. The van der Waals surface area contributed by atoms with Crippen LogP contribution in [0.3, 0.4) is 0 Å². The van der Waals surface area contributed by atoms with Crippen molar-refractivity contribution in [3.8, 4) is 11.1 Å². The first kappa shape index (κ1) is 19.8. The number of halogens is 1. The molecule has 0 aromatic heterocycles. The van der Waals surface area contributed by atoms with Crippen LogP contribution in [0.1, 0.15) is 26.3 Å². The molecule has 0 fully saturated rings. The summed E-state index contributed by atoms with van der Waals surface area (Å²) in [6.45, 7) is 6.16. The molecule has 1 atom stereocenters. The van der Waals surface area contributed by atoms with Gasteiger partial charge < -0.3 is 11.5 Å². The number of aliphatic imine (C=N–C) groups is 2. The molecule has 0 saturated heterocycles. The second kappa shape index (κ2) is 7.98. The zero-order valence-electron chi connectivity index (χ0n) is 16.4. The highest BCUT2D eigenvalue weighted by Crippen LogP contribution is 2.25. The Hall–Kier alpha value is -2.93. The molecule has 6 nitrogen and oxygen atoms in total. The number of benzene rings is 2. The summed E-state index contributed by atoms with van der Waals surface area (Å²) < 4.78 is 14.3. The molecule has 3 rings (SSSR count). The topological polar surface area (TPSA) is 89.2 Å². The van der Waals surface area contributed by atoms with Gasteiger partial charge in [-0.05, 0) is 49.4 Å². The van der Waals surface area contributed by atoms with Crippen LogP contribution in [-0.4, -0.2) is 29.3 Å². The van der Waals surface area contributed by atoms with Gasteiger partial charge in [-0.2, -0.15) is 10.1 Å². The highest BCUT2D eigenvalue weighted by atomic mass is 19.1. The van der Waals surface area contributed by atoms with E-state index < -0.39 is 5.66 Å². The summed E-state index contributed by atoms with van der Waals surface area (Å²) in [4.78, 5) is 14.1. The van der Waals surface area contributed by atoms with Gasteiger partial charge in [-0.1, -0.05) is 43.3 Å². The maximum absolute atomic E-state index is 14.3. The molecular weight excluding hydrogens is 357 g/mol. The SMILES string of the molecule is CC(CON1C(N)=NC(N)=NC1(C)C)Cc1ccc(F)c(-c2ccccc2)c1. The summed E-state index contributed by atoms with van der Waals surface area (Å²) in [5.41, 5.74) is 13.4. The van der Waals surface area contributed by atoms with Crippen LogP contribution in [0.5, 0.6) is 0 Å². The molecule has 4 N–H and O–H groups in total. The van der Waals surface area contributed by atoms with Crippen molar-refractivity contribution in [1.82, 2.24) is 5.06 Å². The maximum atomic E-state index is 14.3. The minimum atomic E-state index is -0.730. The lowest BCUT2D eigenvalue weighted by Gasteiger charge is -2.37. The van der Waals surface area contributed by atoms with Gasteiger partial charge in [0.15, 0.2) is 5.66 Å². The van der Waals surface area contributed by atoms with Crippen LogP contribution in [0, 0.1) is 11.7 Å². The second-order valence-electron chi connectivity index (χ2n) is 7.51. The number of hydrogen-bond donors (Lipinski definition) is 2. The first-order valence-electron chi connectivity index (χ1n) is 9.23. The molecule has 28 heavy (non-hydrogen) atoms. The number of guanidine groups is 2. The van der Waals surface area contributed by atoms with Crippen molar-refractivity contribution >= 4 is 11.9 Å². The van der Waals surface area contributed by atoms with Gasteiger partial charge >= 0.3 is 0 Å². The fourth-order valence-electron chi connectivity index (χ4n) is 3.22. The molecule has 0 saturated carbocycles. The van der Waals surface area contributed by atoms with E-state index in [9.17, 15) is 4.39 Å². The average Bonchev–Trinajstić information content (AvgIpc) is 2.62. The standard InChI is InChI=1S/C21H26FN5O/c1-14(13-28-27-20(24)25-19(23)26-21(27,2)3)11-15-9-10-18(22)17(12-15)16-7-5-4-6-8-16/h4-10,12,14H,11,13H2,1-3H3,(H4,23,24,25,26). The van der Waals surface area contributed by atoms with Gasteiger partial charge in [0.05, 0.1) is 6.61 Å². The number of hydrogen-bond acceptors (Lipinski definition) is 6. The van der Waals surface area contributed by atoms with E-state index in [1.807, 2.05) is 56.3 Å². The summed E-state index contributed by atoms with van der Waals surface area (Å²) >= 11 is 0. The molecule has 0 aliphatic carbocycles. The van der Waals surface area contributed by atoms with Crippen LogP contribution < -0.4 is 11.5 Å². The molecule has 7 heteroatoms. The van der Waals surface area contributed by atoms with Gasteiger partial charge in [0.1, 0.15) is 5.82 Å². The maximum Gasteiger partial charge on any atom is 0.226 e. The number of hydroxylamine groups is 2. The van der Waals surface area contributed by atoms with Crippen molar-refractivity contribution < 1.29 is 9.23 Å². The van der Waals surface area contributed by atoms with Crippen LogP contribution in [0.25, 0.3) is 11.1 Å². The third-order valence-corrected chi connectivity index (χ3v) is 4.51. The Balaban J connectivity index is 1.66. The largest absolute Gasteiger partial charge is 0.368 e. The number of rotatable bonds is 6. The van der Waals surface area contributed by atoms with Gasteiger partial charge in [0, 0.05) is 5.56 Å². The van der Waals surface area contributed by atoms with Crippen molar-refractivity contribution in [1.29, 1.82) is 0 Å². The van der Waals surface area contributed by atoms with E-state index in [0.29, 0.717) is 12.2 Å². The summed E-state index contributed by atoms with van der Waals surface area (Å²) in [5.74, 6) is 0.252. The van der Waals surface area contributed by atoms with Crippen LogP contribution in [-0.2, 0) is 11.3 Å². The van der Waals surface area contributed by atoms with Crippen molar-refractivity contribution in [3.63, 3.8) is 0 Å². The van der Waals surface area contributed by atoms with Crippen molar-refractivity contribution in [2.45, 2.75) is 32.9 Å². The van der Waals surface area contributed by atoms with Crippen molar-refractivity contribution in [3.05, 3.63) is 59.9 Å². The van der Waals surface area contributed by atoms with Gasteiger partial charge in [-0.3, -0.25) is 4.84 Å². The molecule has 2 aromatic carbocycles. The summed E-state index contributed by atoms with van der Waals surface area (Å²) in [5, 5.41) is 1.47. The lowest BCUT2D eigenvalue weighted by atomic mass is 9.97. The summed E-state index contributed by atoms with van der Waals surface area (Å²) in [6.07, 6.45) is 0.733. The zero-order valence-corrected chi connectivity index (χ0v) is 16.4. The molecule has 0 spiro atoms. The first-order valence-corrected chi connectivity index (χ1v) is 9.23. The van der Waals surface area contributed by atoms with E-state index in [2.05, 4.69) is 16.9 Å². The van der Waals surface area contributed by atoms with Gasteiger partial charge in [0.2, 0.25) is 11.9 Å². The van der Waals surface area contributed by atoms with E-state index in [1.54, 1.807) is 0 Å². The lowest BCUT2D eigenvalue weighted by molar-refractivity contribution is -0.165. The number of nitrogens with zero attached hydrogens (tertiary/aromatic N) is 3. The van der Waals surface area contributed by atoms with Gasteiger partial charge in [-0.25, -0.2) is 9.38 Å². The van der Waals surface area contributed by atoms with Crippen LogP contribution in [0.15, 0.2) is 58.5 Å². The molecule has 0 bridgehead atoms. The highest BCUT2D eigenvalue weighted by molar-refractivity contribution is 5.95. The highest BCUT2D eigenvalue weighted by Gasteiger charge is 2.33. The Kier molecular flexibility index (Phi) is 5.65. The van der Waals surface area contributed by atoms with Gasteiger partial charge in [0.25, 0.3) is 0 Å². The number of nitrogens with two attached hydrogens (primary N) is 2. The molecule has 1 aliphatic rings. The van der Waals surface area contributed by atoms with Crippen LogP contribution in [0.2, 0.25) is 0 Å². The van der Waals surface area contributed by atoms with Crippen molar-refractivity contribution in [2.75, 3.05) is 6.61 Å². The zero-order chi connectivity index (χ0) is 20.3. The first-order chi connectivity index (χ1) is 13.3. The Morgan fingerprint density at radius 3 is 2.54 bits per heavy atom. The quantitative estimate of drug-likeness (QED) is 0.801. The monoisotopic (exact) mass is 383 g/mol. The molecule has 1 unspecified atom stereocenters. The van der Waals surface area contributed by atoms with Crippen molar-refractivity contribution in [2.24, 2.45) is 27.4 Å². The van der Waals surface area contributed by atoms with E-state index in [0.717, 1.165) is 17.5 Å². The smallest absolute Gasteiger partial charge is 0.226 e. The second-order valence-corrected chi connectivity index (χ2v) is 7.51. The molecule has 0 amide bonds. The summed E-state index contributed by atoms with van der Waals surface area (Å²) in [7, 11) is 0. The molecule has 0 radical (unpaired) electrons. The normalized spacial score (nSPS) is 17.1. The Morgan fingerprint density at radius 1 is 1.14 bits per heavy atom. The molecular formula is C21H26FN5O. The fourth-order valence-corrected chi connectivity index (χ4v) is 3.22. The van der Waals surface area contributed by atoms with Crippen LogP contribution >= 0.6 is 0 Å². The average molecular weight is 383 g/mol. The van der Waals surface area contributed by atoms with E-state index in [1.165, 1.54) is 11.1 Å². The predicted molar refractivity (Wildman–Crippen MR) is 110 cm³/mol. The fraction of sp³-hybridized carbons (Fsp3) is 0.333. The van der Waals surface area contributed by atoms with E-state index in [-0.39, 0.29) is 23.7 Å². The van der Waals surface area contributed by atoms with Crippen LogP contribution in [0.4, 0.5) is 4.39 Å². The predicted octanol–water partition coefficient (Wildman–Crippen LogP) is 3.28. The molecule has 1 aliphatic heterocycles. The minimum absolute atomic E-state index is 0.134. The molecule has 1 heterocycles.